The van der Waals surface area contributed by atoms with Crippen LogP contribution in [0.15, 0.2) is 12.3 Å². The molecule has 2 heterocycles. The van der Waals surface area contributed by atoms with E-state index in [1.165, 1.54) is 0 Å². The van der Waals surface area contributed by atoms with Crippen LogP contribution in [0.2, 0.25) is 0 Å². The molecule has 0 aliphatic carbocycles. The van der Waals surface area contributed by atoms with Crippen LogP contribution < -0.4 is 9.80 Å². The summed E-state index contributed by atoms with van der Waals surface area (Å²) in [5.74, 6) is 2.03. The molecule has 1 fully saturated rings. The molecule has 0 bridgehead atoms. The SMILES string of the molecule is CCN(CC)c1nccc(N(CC)C2CCS(=O)(=O)C2)n1. The summed E-state index contributed by atoms with van der Waals surface area (Å²) in [5.41, 5.74) is 0. The van der Waals surface area contributed by atoms with Gasteiger partial charge in [-0.05, 0) is 33.3 Å². The molecular weight excluding hydrogens is 288 g/mol. The van der Waals surface area contributed by atoms with Crippen LogP contribution in [0.5, 0.6) is 0 Å². The molecule has 1 atom stereocenters. The van der Waals surface area contributed by atoms with Gasteiger partial charge in [-0.1, -0.05) is 0 Å². The molecule has 0 spiro atoms. The first-order valence-electron chi connectivity index (χ1n) is 7.55. The topological polar surface area (TPSA) is 66.4 Å². The highest BCUT2D eigenvalue weighted by atomic mass is 32.2. The fourth-order valence-corrected chi connectivity index (χ4v) is 4.52. The van der Waals surface area contributed by atoms with E-state index in [0.717, 1.165) is 25.5 Å². The van der Waals surface area contributed by atoms with E-state index >= 15 is 0 Å². The summed E-state index contributed by atoms with van der Waals surface area (Å²) in [6.07, 6.45) is 2.43. The highest BCUT2D eigenvalue weighted by Gasteiger charge is 2.32. The first-order valence-corrected chi connectivity index (χ1v) is 9.37. The predicted octanol–water partition coefficient (Wildman–Crippen LogP) is 1.34. The van der Waals surface area contributed by atoms with E-state index in [1.807, 2.05) is 13.0 Å². The van der Waals surface area contributed by atoms with Crippen molar-refractivity contribution in [2.45, 2.75) is 33.2 Å². The van der Waals surface area contributed by atoms with Crippen LogP contribution in [0.25, 0.3) is 0 Å². The number of rotatable bonds is 6. The molecule has 1 aromatic rings. The summed E-state index contributed by atoms with van der Waals surface area (Å²) >= 11 is 0. The van der Waals surface area contributed by atoms with Crippen LogP contribution in [0.3, 0.4) is 0 Å². The van der Waals surface area contributed by atoms with Crippen LogP contribution in [0, 0.1) is 0 Å². The zero-order valence-corrected chi connectivity index (χ0v) is 13.8. The van der Waals surface area contributed by atoms with Crippen LogP contribution >= 0.6 is 0 Å². The number of nitrogens with zero attached hydrogens (tertiary/aromatic N) is 4. The summed E-state index contributed by atoms with van der Waals surface area (Å²) in [6.45, 7) is 8.62. The molecular formula is C14H24N4O2S. The van der Waals surface area contributed by atoms with Gasteiger partial charge in [-0.3, -0.25) is 0 Å². The van der Waals surface area contributed by atoms with Crippen LogP contribution in [-0.4, -0.2) is 55.6 Å². The Labute approximate surface area is 127 Å². The maximum Gasteiger partial charge on any atom is 0.227 e. The smallest absolute Gasteiger partial charge is 0.227 e. The number of hydrogen-bond donors (Lipinski definition) is 0. The average Bonchev–Trinajstić information content (AvgIpc) is 2.82. The van der Waals surface area contributed by atoms with Crippen LogP contribution in [-0.2, 0) is 9.84 Å². The predicted molar refractivity (Wildman–Crippen MR) is 85.7 cm³/mol. The highest BCUT2D eigenvalue weighted by molar-refractivity contribution is 7.91. The van der Waals surface area contributed by atoms with Crippen molar-refractivity contribution in [2.24, 2.45) is 0 Å². The average molecular weight is 312 g/mol. The summed E-state index contributed by atoms with van der Waals surface area (Å²) < 4.78 is 23.4. The second-order valence-electron chi connectivity index (χ2n) is 5.23. The molecule has 0 amide bonds. The molecule has 0 N–H and O–H groups in total. The van der Waals surface area contributed by atoms with E-state index in [4.69, 9.17) is 0 Å². The number of sulfone groups is 1. The van der Waals surface area contributed by atoms with E-state index in [-0.39, 0.29) is 17.5 Å². The van der Waals surface area contributed by atoms with Gasteiger partial charge in [0.05, 0.1) is 11.5 Å². The van der Waals surface area contributed by atoms with Crippen molar-refractivity contribution in [1.29, 1.82) is 0 Å². The van der Waals surface area contributed by atoms with Crippen LogP contribution in [0.4, 0.5) is 11.8 Å². The summed E-state index contributed by atoms with van der Waals surface area (Å²) in [6, 6.07) is 1.89. The van der Waals surface area contributed by atoms with Crippen molar-refractivity contribution in [3.63, 3.8) is 0 Å². The van der Waals surface area contributed by atoms with Gasteiger partial charge in [0.2, 0.25) is 5.95 Å². The van der Waals surface area contributed by atoms with Crippen molar-refractivity contribution in [1.82, 2.24) is 9.97 Å². The van der Waals surface area contributed by atoms with Gasteiger partial charge in [-0.2, -0.15) is 4.98 Å². The third kappa shape index (κ3) is 3.64. The lowest BCUT2D eigenvalue weighted by Gasteiger charge is -2.29. The largest absolute Gasteiger partial charge is 0.353 e. The molecule has 0 radical (unpaired) electrons. The Bertz CT molecular complexity index is 572. The summed E-state index contributed by atoms with van der Waals surface area (Å²) in [4.78, 5) is 13.1. The van der Waals surface area contributed by atoms with Crippen molar-refractivity contribution in [3.05, 3.63) is 12.3 Å². The monoisotopic (exact) mass is 312 g/mol. The van der Waals surface area contributed by atoms with Gasteiger partial charge in [0, 0.05) is 31.9 Å². The number of aromatic nitrogens is 2. The van der Waals surface area contributed by atoms with E-state index in [2.05, 4.69) is 33.6 Å². The lowest BCUT2D eigenvalue weighted by molar-refractivity contribution is 0.599. The fourth-order valence-electron chi connectivity index (χ4n) is 2.79. The van der Waals surface area contributed by atoms with E-state index < -0.39 is 9.84 Å². The lowest BCUT2D eigenvalue weighted by atomic mass is 10.2. The summed E-state index contributed by atoms with van der Waals surface area (Å²) in [7, 11) is -2.89. The van der Waals surface area contributed by atoms with E-state index in [9.17, 15) is 8.42 Å². The third-order valence-electron chi connectivity index (χ3n) is 3.96. The first-order chi connectivity index (χ1) is 10.0. The standard InChI is InChI=1S/C14H24N4O2S/c1-4-17(5-2)14-15-9-7-13(16-14)18(6-3)12-8-10-21(19,20)11-12/h7,9,12H,4-6,8,10-11H2,1-3H3. The van der Waals surface area contributed by atoms with Gasteiger partial charge >= 0.3 is 0 Å². The Morgan fingerprint density at radius 1 is 1.24 bits per heavy atom. The van der Waals surface area contributed by atoms with E-state index in [0.29, 0.717) is 12.4 Å². The third-order valence-corrected chi connectivity index (χ3v) is 5.71. The Morgan fingerprint density at radius 3 is 2.48 bits per heavy atom. The number of hydrogen-bond acceptors (Lipinski definition) is 6. The minimum absolute atomic E-state index is 0.0273. The molecule has 6 nitrogen and oxygen atoms in total. The minimum atomic E-state index is -2.89. The lowest BCUT2D eigenvalue weighted by Crippen LogP contribution is -2.37. The number of anilines is 2. The Balaban J connectivity index is 2.24. The quantitative estimate of drug-likeness (QED) is 0.789. The second kappa shape index (κ2) is 6.60. The van der Waals surface area contributed by atoms with Crippen LogP contribution in [0.1, 0.15) is 27.2 Å². The van der Waals surface area contributed by atoms with Crippen molar-refractivity contribution in [3.8, 4) is 0 Å². The molecule has 0 aromatic carbocycles. The van der Waals surface area contributed by atoms with Gasteiger partial charge in [-0.15, -0.1) is 0 Å². The second-order valence-corrected chi connectivity index (χ2v) is 7.46. The maximum absolute atomic E-state index is 11.7. The normalized spacial score (nSPS) is 20.4. The van der Waals surface area contributed by atoms with Gasteiger partial charge in [0.1, 0.15) is 5.82 Å². The summed E-state index contributed by atoms with van der Waals surface area (Å²) in [5, 5.41) is 0. The molecule has 1 saturated heterocycles. The highest BCUT2D eigenvalue weighted by Crippen LogP contribution is 2.23. The molecule has 118 valence electrons. The maximum atomic E-state index is 11.7. The molecule has 1 aliphatic rings. The molecule has 2 rings (SSSR count). The molecule has 7 heteroatoms. The van der Waals surface area contributed by atoms with Gasteiger partial charge in [0.15, 0.2) is 9.84 Å². The zero-order valence-electron chi connectivity index (χ0n) is 13.0. The Hall–Kier alpha value is -1.37. The van der Waals surface area contributed by atoms with Gasteiger partial charge in [0.25, 0.3) is 0 Å². The first kappa shape index (κ1) is 16.0. The van der Waals surface area contributed by atoms with Gasteiger partial charge < -0.3 is 9.80 Å². The molecule has 0 saturated carbocycles. The van der Waals surface area contributed by atoms with E-state index in [1.54, 1.807) is 6.20 Å². The van der Waals surface area contributed by atoms with Crippen molar-refractivity contribution >= 4 is 21.6 Å². The molecule has 1 aromatic heterocycles. The van der Waals surface area contributed by atoms with Crippen molar-refractivity contribution in [2.75, 3.05) is 40.9 Å². The van der Waals surface area contributed by atoms with Gasteiger partial charge in [-0.25, -0.2) is 13.4 Å². The molecule has 1 aliphatic heterocycles. The molecule has 21 heavy (non-hydrogen) atoms. The Morgan fingerprint density at radius 2 is 1.95 bits per heavy atom. The zero-order chi connectivity index (χ0) is 15.5. The molecule has 1 unspecified atom stereocenters. The fraction of sp³-hybridized carbons (Fsp3) is 0.714. The van der Waals surface area contributed by atoms with Crippen molar-refractivity contribution < 1.29 is 8.42 Å². The Kier molecular flexibility index (Phi) is 5.03. The minimum Gasteiger partial charge on any atom is -0.353 e.